The summed E-state index contributed by atoms with van der Waals surface area (Å²) in [5, 5.41) is 4.18. The zero-order chi connectivity index (χ0) is 23.7. The monoisotopic (exact) mass is 453 g/mol. The maximum Gasteiger partial charge on any atom is 0.197 e. The fourth-order valence-electron chi connectivity index (χ4n) is 5.13. The minimum absolute atomic E-state index is 0.188. The average molecular weight is 453 g/mol. The van der Waals surface area contributed by atoms with E-state index in [1.807, 2.05) is 78.3 Å². The van der Waals surface area contributed by atoms with Crippen molar-refractivity contribution in [2.24, 2.45) is 7.05 Å². The first kappa shape index (κ1) is 19.7. The predicted molar refractivity (Wildman–Crippen MR) is 139 cm³/mol. The largest absolute Gasteiger partial charge is 0.454 e. The number of benzene rings is 4. The van der Waals surface area contributed by atoms with Gasteiger partial charge < -0.3 is 8.98 Å². The second-order valence-corrected chi connectivity index (χ2v) is 8.98. The van der Waals surface area contributed by atoms with Gasteiger partial charge in [-0.05, 0) is 39.8 Å². The SMILES string of the molecule is Cn1c(C=C2C(=O)c3cc4ccccc4cc3C2=O)cc2oc(-c3cccc4ccccc34)cc21. The Hall–Kier alpha value is -4.70. The Bertz CT molecular complexity index is 1840. The number of rotatable bonds is 2. The van der Waals surface area contributed by atoms with Gasteiger partial charge in [0.25, 0.3) is 0 Å². The molecule has 1 aliphatic carbocycles. The molecule has 0 aliphatic heterocycles. The molecule has 0 N–H and O–H groups in total. The van der Waals surface area contributed by atoms with Gasteiger partial charge in [-0.1, -0.05) is 66.7 Å². The van der Waals surface area contributed by atoms with Crippen LogP contribution in [0.1, 0.15) is 26.4 Å². The zero-order valence-corrected chi connectivity index (χ0v) is 18.9. The number of furan rings is 1. The summed E-state index contributed by atoms with van der Waals surface area (Å²) in [7, 11) is 1.92. The van der Waals surface area contributed by atoms with Crippen LogP contribution < -0.4 is 0 Å². The first-order valence-corrected chi connectivity index (χ1v) is 11.5. The lowest BCUT2D eigenvalue weighted by Gasteiger charge is -2.03. The van der Waals surface area contributed by atoms with Gasteiger partial charge >= 0.3 is 0 Å². The van der Waals surface area contributed by atoms with E-state index in [1.54, 1.807) is 6.08 Å². The number of ketones is 2. The van der Waals surface area contributed by atoms with Crippen LogP contribution in [0.3, 0.4) is 0 Å². The lowest BCUT2D eigenvalue weighted by molar-refractivity contribution is 0.0990. The number of aryl methyl sites for hydroxylation is 1. The van der Waals surface area contributed by atoms with Crippen LogP contribution in [0.2, 0.25) is 0 Å². The molecule has 0 radical (unpaired) electrons. The topological polar surface area (TPSA) is 52.2 Å². The van der Waals surface area contributed by atoms with Crippen LogP contribution in [0.25, 0.3) is 50.0 Å². The Balaban J connectivity index is 1.31. The molecule has 0 unspecified atom stereocenters. The molecule has 6 aromatic rings. The van der Waals surface area contributed by atoms with Crippen molar-refractivity contribution in [1.82, 2.24) is 4.57 Å². The number of aromatic nitrogens is 1. The summed E-state index contributed by atoms with van der Waals surface area (Å²) in [6.07, 6.45) is 1.68. The van der Waals surface area contributed by atoms with Crippen LogP contribution in [0.4, 0.5) is 0 Å². The molecule has 0 spiro atoms. The van der Waals surface area contributed by atoms with Crippen LogP contribution in [0, 0.1) is 0 Å². The molecule has 0 saturated heterocycles. The van der Waals surface area contributed by atoms with E-state index in [2.05, 4.69) is 24.3 Å². The van der Waals surface area contributed by atoms with E-state index in [4.69, 9.17) is 4.42 Å². The first-order valence-electron chi connectivity index (χ1n) is 11.5. The molecule has 2 heterocycles. The van der Waals surface area contributed by atoms with E-state index >= 15 is 0 Å². The minimum Gasteiger partial charge on any atom is -0.454 e. The predicted octanol–water partition coefficient (Wildman–Crippen LogP) is 7.21. The molecular weight excluding hydrogens is 434 g/mol. The van der Waals surface area contributed by atoms with E-state index in [1.165, 1.54) is 0 Å². The van der Waals surface area contributed by atoms with Gasteiger partial charge in [0.05, 0.1) is 11.1 Å². The lowest BCUT2D eigenvalue weighted by Crippen LogP contribution is -2.01. The standard InChI is InChI=1S/C31H19NO3/c1-32-21(15-26-30(33)24-13-19-8-2-3-9-20(19)14-25(24)31(26)34)16-29-27(32)17-28(35-29)23-12-6-10-18-7-4-5-11-22(18)23/h2-17H,1H3. The van der Waals surface area contributed by atoms with E-state index < -0.39 is 0 Å². The van der Waals surface area contributed by atoms with E-state index in [0.29, 0.717) is 16.7 Å². The second-order valence-electron chi connectivity index (χ2n) is 8.98. The molecule has 35 heavy (non-hydrogen) atoms. The van der Waals surface area contributed by atoms with E-state index in [0.717, 1.165) is 44.1 Å². The van der Waals surface area contributed by atoms with Crippen molar-refractivity contribution in [2.75, 3.05) is 0 Å². The zero-order valence-electron chi connectivity index (χ0n) is 18.9. The van der Waals surface area contributed by atoms with Gasteiger partial charge in [0.15, 0.2) is 17.1 Å². The molecule has 4 heteroatoms. The van der Waals surface area contributed by atoms with Gasteiger partial charge in [-0.2, -0.15) is 0 Å². The van der Waals surface area contributed by atoms with Gasteiger partial charge in [0, 0.05) is 41.6 Å². The molecule has 0 bridgehead atoms. The molecule has 7 rings (SSSR count). The number of fused-ring (bicyclic) bond motifs is 4. The number of nitrogens with zero attached hydrogens (tertiary/aromatic N) is 1. The summed E-state index contributed by atoms with van der Waals surface area (Å²) in [5.74, 6) is 0.323. The number of carbonyl (C=O) groups is 2. The van der Waals surface area contributed by atoms with E-state index in [-0.39, 0.29) is 17.1 Å². The van der Waals surface area contributed by atoms with Crippen molar-refractivity contribution < 1.29 is 14.0 Å². The lowest BCUT2D eigenvalue weighted by atomic mass is 10.0. The molecule has 4 aromatic carbocycles. The smallest absolute Gasteiger partial charge is 0.197 e. The normalized spacial score (nSPS) is 13.3. The molecule has 0 saturated carbocycles. The third-order valence-corrected chi connectivity index (χ3v) is 6.98. The molecule has 4 nitrogen and oxygen atoms in total. The van der Waals surface area contributed by atoms with Gasteiger partial charge in [-0.3, -0.25) is 9.59 Å². The molecule has 0 amide bonds. The third kappa shape index (κ3) is 2.87. The minimum atomic E-state index is -0.231. The molecule has 2 aromatic heterocycles. The highest BCUT2D eigenvalue weighted by molar-refractivity contribution is 6.42. The summed E-state index contributed by atoms with van der Waals surface area (Å²) in [5.41, 5.74) is 4.52. The highest BCUT2D eigenvalue weighted by atomic mass is 16.3. The molecule has 0 fully saturated rings. The Morgan fingerprint density at radius 1 is 0.686 bits per heavy atom. The number of hydrogen-bond acceptors (Lipinski definition) is 3. The Morgan fingerprint density at radius 2 is 1.31 bits per heavy atom. The van der Waals surface area contributed by atoms with Crippen molar-refractivity contribution in [3.8, 4) is 11.3 Å². The Kier molecular flexibility index (Phi) is 4.03. The van der Waals surface area contributed by atoms with Crippen LogP contribution in [0.15, 0.2) is 101 Å². The Morgan fingerprint density at radius 3 is 2.00 bits per heavy atom. The van der Waals surface area contributed by atoms with Crippen LogP contribution in [-0.4, -0.2) is 16.1 Å². The summed E-state index contributed by atoms with van der Waals surface area (Å²) < 4.78 is 8.19. The van der Waals surface area contributed by atoms with Crippen molar-refractivity contribution >= 4 is 50.3 Å². The van der Waals surface area contributed by atoms with Crippen molar-refractivity contribution in [3.05, 3.63) is 113 Å². The fraction of sp³-hybridized carbons (Fsp3) is 0.0323. The van der Waals surface area contributed by atoms with Gasteiger partial charge in [0.2, 0.25) is 0 Å². The number of carbonyl (C=O) groups excluding carboxylic acids is 2. The highest BCUT2D eigenvalue weighted by Crippen LogP contribution is 2.36. The maximum absolute atomic E-state index is 13.2. The highest BCUT2D eigenvalue weighted by Gasteiger charge is 2.33. The molecule has 1 aliphatic rings. The second kappa shape index (κ2) is 7.15. The van der Waals surface area contributed by atoms with Gasteiger partial charge in [-0.25, -0.2) is 0 Å². The van der Waals surface area contributed by atoms with Crippen LogP contribution in [0.5, 0.6) is 0 Å². The molecule has 0 atom stereocenters. The van der Waals surface area contributed by atoms with Crippen LogP contribution in [-0.2, 0) is 7.05 Å². The van der Waals surface area contributed by atoms with Crippen LogP contribution >= 0.6 is 0 Å². The summed E-state index contributed by atoms with van der Waals surface area (Å²) in [4.78, 5) is 26.3. The molecular formula is C31H19NO3. The van der Waals surface area contributed by atoms with Gasteiger partial charge in [-0.15, -0.1) is 0 Å². The number of allylic oxidation sites excluding steroid dienone is 1. The summed E-state index contributed by atoms with van der Waals surface area (Å²) in [6, 6.07) is 29.7. The third-order valence-electron chi connectivity index (χ3n) is 6.98. The number of Topliss-reactive ketones (excluding diaryl/α,β-unsaturated/α-hetero) is 2. The fourth-order valence-corrected chi connectivity index (χ4v) is 5.13. The number of hydrogen-bond donors (Lipinski definition) is 0. The summed E-state index contributed by atoms with van der Waals surface area (Å²) >= 11 is 0. The maximum atomic E-state index is 13.2. The Labute approximate surface area is 200 Å². The quantitative estimate of drug-likeness (QED) is 0.206. The average Bonchev–Trinajstić information content (AvgIpc) is 3.50. The van der Waals surface area contributed by atoms with Crippen molar-refractivity contribution in [3.63, 3.8) is 0 Å². The molecule has 166 valence electrons. The first-order chi connectivity index (χ1) is 17.1. The van der Waals surface area contributed by atoms with Crippen molar-refractivity contribution in [2.45, 2.75) is 0 Å². The van der Waals surface area contributed by atoms with Gasteiger partial charge in [0.1, 0.15) is 5.76 Å². The van der Waals surface area contributed by atoms with Crippen molar-refractivity contribution in [1.29, 1.82) is 0 Å². The summed E-state index contributed by atoms with van der Waals surface area (Å²) in [6.45, 7) is 0. The van der Waals surface area contributed by atoms with E-state index in [9.17, 15) is 9.59 Å².